The van der Waals surface area contributed by atoms with Crippen molar-refractivity contribution in [1.29, 1.82) is 0 Å². The maximum Gasteiger partial charge on any atom is 0.312 e. The molecule has 0 aromatic carbocycles. The molecule has 2 N–H and O–H groups in total. The van der Waals surface area contributed by atoms with Gasteiger partial charge in [0.15, 0.2) is 0 Å². The van der Waals surface area contributed by atoms with E-state index in [1.165, 1.54) is 17.0 Å². The van der Waals surface area contributed by atoms with Crippen LogP contribution in [0.4, 0.5) is 11.5 Å². The smallest absolute Gasteiger partial charge is 0.312 e. The van der Waals surface area contributed by atoms with Crippen molar-refractivity contribution in [3.05, 3.63) is 27.4 Å². The monoisotopic (exact) mass is 256 g/mol. The Labute approximate surface area is 101 Å². The topological polar surface area (TPSA) is 102 Å². The van der Waals surface area contributed by atoms with Gasteiger partial charge in [0.05, 0.1) is 4.92 Å². The van der Waals surface area contributed by atoms with E-state index in [-0.39, 0.29) is 41.6 Å². The summed E-state index contributed by atoms with van der Waals surface area (Å²) in [5, 5.41) is 10.9. The molecule has 8 heteroatoms. The van der Waals surface area contributed by atoms with Gasteiger partial charge >= 0.3 is 5.69 Å². The average Bonchev–Trinajstić information content (AvgIpc) is 2.57. The predicted molar refractivity (Wildman–Crippen MR) is 60.8 cm³/mol. The molecular formula is C9H9ClN4O3. The molecular weight excluding hydrogens is 248 g/mol. The number of nitrogens with two attached hydrogens (primary N) is 1. The van der Waals surface area contributed by atoms with Crippen LogP contribution in [0.5, 0.6) is 0 Å². The number of anilines is 1. The summed E-state index contributed by atoms with van der Waals surface area (Å²) in [6.07, 6.45) is 0.158. The Balaban J connectivity index is 2.46. The first-order chi connectivity index (χ1) is 7.99. The molecule has 0 spiro atoms. The number of nitro groups is 1. The van der Waals surface area contributed by atoms with E-state index in [1.807, 2.05) is 0 Å². The van der Waals surface area contributed by atoms with Gasteiger partial charge in [-0.2, -0.15) is 0 Å². The number of rotatable bonds is 2. The molecule has 90 valence electrons. The standard InChI is InChI=1S/C9H9ClN4O3/c10-7-2-1-6(14(16)17)9(12-7)13-4-5(11)3-8(13)15/h1-2,5H,3-4,11H2. The number of carbonyl (C=O) groups is 1. The molecule has 1 fully saturated rings. The number of carbonyl (C=O) groups excluding carboxylic acids is 1. The molecule has 7 nitrogen and oxygen atoms in total. The van der Waals surface area contributed by atoms with E-state index in [9.17, 15) is 14.9 Å². The molecule has 1 aliphatic rings. The van der Waals surface area contributed by atoms with Gasteiger partial charge in [0, 0.05) is 25.1 Å². The Hall–Kier alpha value is -1.73. The lowest BCUT2D eigenvalue weighted by Gasteiger charge is -2.14. The lowest BCUT2D eigenvalue weighted by atomic mass is 10.3. The Morgan fingerprint density at radius 3 is 2.82 bits per heavy atom. The first-order valence-corrected chi connectivity index (χ1v) is 5.23. The lowest BCUT2D eigenvalue weighted by molar-refractivity contribution is -0.384. The number of nitrogens with zero attached hydrogens (tertiary/aromatic N) is 3. The molecule has 0 radical (unpaired) electrons. The third-order valence-electron chi connectivity index (χ3n) is 2.43. The van der Waals surface area contributed by atoms with Crippen LogP contribution in [0.2, 0.25) is 5.15 Å². The van der Waals surface area contributed by atoms with E-state index in [2.05, 4.69) is 4.98 Å². The zero-order valence-corrected chi connectivity index (χ0v) is 9.42. The molecule has 0 bridgehead atoms. The van der Waals surface area contributed by atoms with Crippen molar-refractivity contribution in [3.8, 4) is 0 Å². The van der Waals surface area contributed by atoms with Crippen LogP contribution in [-0.4, -0.2) is 28.4 Å². The molecule has 0 aliphatic carbocycles. The van der Waals surface area contributed by atoms with Crippen LogP contribution < -0.4 is 10.6 Å². The number of amides is 1. The van der Waals surface area contributed by atoms with Gasteiger partial charge in [-0.15, -0.1) is 0 Å². The zero-order chi connectivity index (χ0) is 12.6. The van der Waals surface area contributed by atoms with E-state index < -0.39 is 4.92 Å². The highest BCUT2D eigenvalue weighted by molar-refractivity contribution is 6.29. The summed E-state index contributed by atoms with van der Waals surface area (Å²) < 4.78 is 0. The predicted octanol–water partition coefficient (Wildman–Crippen LogP) is 0.707. The van der Waals surface area contributed by atoms with E-state index in [0.29, 0.717) is 0 Å². The fourth-order valence-corrected chi connectivity index (χ4v) is 1.84. The minimum Gasteiger partial charge on any atom is -0.326 e. The molecule has 0 saturated carbocycles. The highest BCUT2D eigenvalue weighted by Gasteiger charge is 2.33. The summed E-state index contributed by atoms with van der Waals surface area (Å²) in [5.41, 5.74) is 5.37. The minimum atomic E-state index is -0.601. The van der Waals surface area contributed by atoms with Crippen LogP contribution in [0.25, 0.3) is 0 Å². The Morgan fingerprint density at radius 2 is 2.29 bits per heavy atom. The number of aromatic nitrogens is 1. The summed E-state index contributed by atoms with van der Waals surface area (Å²) in [6, 6.07) is 2.20. The van der Waals surface area contributed by atoms with Crippen molar-refractivity contribution < 1.29 is 9.72 Å². The quantitative estimate of drug-likeness (QED) is 0.477. The molecule has 1 amide bonds. The first-order valence-electron chi connectivity index (χ1n) is 4.86. The molecule has 1 saturated heterocycles. The summed E-state index contributed by atoms with van der Waals surface area (Å²) in [6.45, 7) is 0.215. The van der Waals surface area contributed by atoms with Gasteiger partial charge in [0.2, 0.25) is 11.7 Å². The van der Waals surface area contributed by atoms with Crippen LogP contribution >= 0.6 is 11.6 Å². The van der Waals surface area contributed by atoms with Gasteiger partial charge in [-0.05, 0) is 6.07 Å². The van der Waals surface area contributed by atoms with Gasteiger partial charge < -0.3 is 5.73 Å². The summed E-state index contributed by atoms with van der Waals surface area (Å²) in [7, 11) is 0. The van der Waals surface area contributed by atoms with Gasteiger partial charge in [-0.3, -0.25) is 19.8 Å². The van der Waals surface area contributed by atoms with Gasteiger partial charge in [-0.25, -0.2) is 4.98 Å². The van der Waals surface area contributed by atoms with Crippen LogP contribution in [0.15, 0.2) is 12.1 Å². The normalized spacial score (nSPS) is 19.8. The van der Waals surface area contributed by atoms with E-state index >= 15 is 0 Å². The van der Waals surface area contributed by atoms with Crippen molar-refractivity contribution in [2.75, 3.05) is 11.4 Å². The number of halogens is 1. The average molecular weight is 257 g/mol. The second kappa shape index (κ2) is 4.27. The number of hydrogen-bond donors (Lipinski definition) is 1. The maximum absolute atomic E-state index is 11.6. The van der Waals surface area contributed by atoms with Gasteiger partial charge in [-0.1, -0.05) is 11.6 Å². The Morgan fingerprint density at radius 1 is 1.59 bits per heavy atom. The lowest BCUT2D eigenvalue weighted by Crippen LogP contribution is -2.29. The maximum atomic E-state index is 11.6. The van der Waals surface area contributed by atoms with E-state index in [0.717, 1.165) is 0 Å². The Kier molecular flexibility index (Phi) is 2.95. The summed E-state index contributed by atoms with van der Waals surface area (Å²) >= 11 is 5.68. The van der Waals surface area contributed by atoms with Crippen molar-refractivity contribution in [3.63, 3.8) is 0 Å². The summed E-state index contributed by atoms with van der Waals surface area (Å²) in [5.74, 6) is -0.323. The van der Waals surface area contributed by atoms with E-state index in [4.69, 9.17) is 17.3 Å². The van der Waals surface area contributed by atoms with Crippen molar-refractivity contribution in [1.82, 2.24) is 4.98 Å². The molecule has 1 unspecified atom stereocenters. The highest BCUT2D eigenvalue weighted by atomic mass is 35.5. The van der Waals surface area contributed by atoms with Crippen LogP contribution in [0.1, 0.15) is 6.42 Å². The van der Waals surface area contributed by atoms with E-state index in [1.54, 1.807) is 0 Å². The zero-order valence-electron chi connectivity index (χ0n) is 8.67. The fraction of sp³-hybridized carbons (Fsp3) is 0.333. The molecule has 1 atom stereocenters. The third kappa shape index (κ3) is 2.20. The number of hydrogen-bond acceptors (Lipinski definition) is 5. The third-order valence-corrected chi connectivity index (χ3v) is 2.64. The van der Waals surface area contributed by atoms with Crippen LogP contribution in [0, 0.1) is 10.1 Å². The second-order valence-electron chi connectivity index (χ2n) is 3.70. The van der Waals surface area contributed by atoms with Gasteiger partial charge in [0.25, 0.3) is 0 Å². The fourth-order valence-electron chi connectivity index (χ4n) is 1.70. The largest absolute Gasteiger partial charge is 0.326 e. The van der Waals surface area contributed by atoms with Crippen molar-refractivity contribution in [2.24, 2.45) is 5.73 Å². The highest BCUT2D eigenvalue weighted by Crippen LogP contribution is 2.30. The second-order valence-corrected chi connectivity index (χ2v) is 4.09. The minimum absolute atomic E-state index is 0.0412. The Bertz CT molecular complexity index is 493. The first kappa shape index (κ1) is 11.7. The van der Waals surface area contributed by atoms with Crippen LogP contribution in [0.3, 0.4) is 0 Å². The molecule has 1 aromatic heterocycles. The molecule has 1 aromatic rings. The van der Waals surface area contributed by atoms with Crippen LogP contribution in [-0.2, 0) is 4.79 Å². The summed E-state index contributed by atoms with van der Waals surface area (Å²) in [4.78, 5) is 26.9. The van der Waals surface area contributed by atoms with Crippen molar-refractivity contribution in [2.45, 2.75) is 12.5 Å². The molecule has 2 rings (SSSR count). The molecule has 2 heterocycles. The number of pyridine rings is 1. The van der Waals surface area contributed by atoms with Crippen molar-refractivity contribution >= 4 is 29.0 Å². The van der Waals surface area contributed by atoms with Gasteiger partial charge in [0.1, 0.15) is 5.15 Å². The SMILES string of the molecule is NC1CC(=O)N(c2nc(Cl)ccc2[N+](=O)[O-])C1. The molecule has 17 heavy (non-hydrogen) atoms. The molecule has 1 aliphatic heterocycles.